The zero-order valence-electron chi connectivity index (χ0n) is 15.8. The van der Waals surface area contributed by atoms with E-state index in [2.05, 4.69) is 22.2 Å². The van der Waals surface area contributed by atoms with Crippen LogP contribution in [0.1, 0.15) is 30.5 Å². The Labute approximate surface area is 169 Å². The minimum absolute atomic E-state index is 0.108. The van der Waals surface area contributed by atoms with Crippen LogP contribution in [0.2, 0.25) is 5.02 Å². The number of benzene rings is 2. The number of aromatic nitrogens is 1. The van der Waals surface area contributed by atoms with Gasteiger partial charge in [0.05, 0.1) is 21.8 Å². The minimum atomic E-state index is -0.177. The molecule has 0 saturated carbocycles. The Morgan fingerprint density at radius 3 is 2.64 bits per heavy atom. The fraction of sp³-hybridized carbons (Fsp3) is 0.318. The second-order valence-electron chi connectivity index (χ2n) is 7.33. The fourth-order valence-corrected chi connectivity index (χ4v) is 3.99. The maximum atomic E-state index is 10.3. The quantitative estimate of drug-likeness (QED) is 0.618. The molecule has 2 N–H and O–H groups in total. The lowest BCUT2D eigenvalue weighted by atomic mass is 9.97. The molecule has 1 aromatic heterocycles. The molecule has 0 radical (unpaired) electrons. The smallest absolute Gasteiger partial charge is 0.178 e. The molecule has 1 aliphatic rings. The number of piperidine rings is 1. The van der Waals surface area contributed by atoms with E-state index in [1.165, 1.54) is 37.0 Å². The van der Waals surface area contributed by atoms with Gasteiger partial charge in [0.1, 0.15) is 11.5 Å². The van der Waals surface area contributed by atoms with Gasteiger partial charge in [0.15, 0.2) is 5.76 Å². The Kier molecular flexibility index (Phi) is 5.29. The first kappa shape index (κ1) is 18.8. The van der Waals surface area contributed by atoms with Gasteiger partial charge in [-0.1, -0.05) is 41.4 Å². The third-order valence-corrected chi connectivity index (χ3v) is 5.55. The molecule has 6 heteroatoms. The highest BCUT2D eigenvalue weighted by molar-refractivity contribution is 6.32. The van der Waals surface area contributed by atoms with Gasteiger partial charge in [0, 0.05) is 12.6 Å². The number of hydrogen-bond acceptors (Lipinski definition) is 5. The van der Waals surface area contributed by atoms with E-state index in [9.17, 15) is 10.2 Å². The zero-order chi connectivity index (χ0) is 19.7. The van der Waals surface area contributed by atoms with Crippen LogP contribution in [-0.4, -0.2) is 33.4 Å². The van der Waals surface area contributed by atoms with Crippen LogP contribution in [0.3, 0.4) is 0 Å². The van der Waals surface area contributed by atoms with E-state index in [0.29, 0.717) is 11.3 Å². The van der Waals surface area contributed by atoms with Gasteiger partial charge in [-0.15, -0.1) is 0 Å². The lowest BCUT2D eigenvalue weighted by molar-refractivity contribution is 0.221. The van der Waals surface area contributed by atoms with Crippen molar-refractivity contribution in [1.29, 1.82) is 0 Å². The second-order valence-corrected chi connectivity index (χ2v) is 7.74. The van der Waals surface area contributed by atoms with E-state index >= 15 is 0 Å². The fourth-order valence-electron chi connectivity index (χ4n) is 3.83. The summed E-state index contributed by atoms with van der Waals surface area (Å²) in [6.07, 6.45) is 3.84. The number of likely N-dealkylation sites (tertiary alicyclic amines) is 1. The molecule has 0 spiro atoms. The highest BCUT2D eigenvalue weighted by atomic mass is 35.5. The van der Waals surface area contributed by atoms with Crippen molar-refractivity contribution in [3.05, 3.63) is 52.7 Å². The topological polar surface area (TPSA) is 69.7 Å². The molecule has 1 saturated heterocycles. The number of hydrogen-bond donors (Lipinski definition) is 2. The summed E-state index contributed by atoms with van der Waals surface area (Å²) in [6.45, 7) is 5.08. The molecule has 2 aromatic carbocycles. The lowest BCUT2D eigenvalue weighted by Crippen LogP contribution is -2.29. The number of rotatable bonds is 4. The molecule has 0 unspecified atom stereocenters. The van der Waals surface area contributed by atoms with Crippen LogP contribution in [0.4, 0.5) is 0 Å². The maximum Gasteiger partial charge on any atom is 0.178 e. The molecular weight excluding hydrogens is 376 g/mol. The summed E-state index contributed by atoms with van der Waals surface area (Å²) < 4.78 is 5.54. The first-order valence-electron chi connectivity index (χ1n) is 9.52. The standard InChI is InChI=1S/C22H23ClN2O3/c1-14-21(22(28-24-14)17-11-18(23)20(27)12-19(17)26)16-7-5-6-15(10-16)13-25-8-3-2-4-9-25/h5-7,10-12,26-27H,2-4,8-9,13H2,1H3. The average Bonchev–Trinajstić information content (AvgIpc) is 3.07. The summed E-state index contributed by atoms with van der Waals surface area (Å²) in [5, 5.41) is 24.3. The van der Waals surface area contributed by atoms with Gasteiger partial charge in [-0.3, -0.25) is 4.90 Å². The van der Waals surface area contributed by atoms with Crippen LogP contribution in [0, 0.1) is 6.92 Å². The predicted octanol–water partition coefficient (Wildman–Crippen LogP) is 5.37. The number of phenols is 2. The molecule has 146 valence electrons. The van der Waals surface area contributed by atoms with E-state index < -0.39 is 0 Å². The first-order chi connectivity index (χ1) is 13.5. The minimum Gasteiger partial charge on any atom is -0.507 e. The van der Waals surface area contributed by atoms with E-state index in [-0.39, 0.29) is 16.5 Å². The molecule has 0 amide bonds. The van der Waals surface area contributed by atoms with E-state index in [1.807, 2.05) is 19.1 Å². The van der Waals surface area contributed by atoms with Crippen molar-refractivity contribution < 1.29 is 14.7 Å². The summed E-state index contributed by atoms with van der Waals surface area (Å²) in [5.74, 6) is 0.153. The van der Waals surface area contributed by atoms with E-state index in [0.717, 1.165) is 36.5 Å². The van der Waals surface area contributed by atoms with Crippen LogP contribution >= 0.6 is 11.6 Å². The van der Waals surface area contributed by atoms with Gasteiger partial charge in [-0.2, -0.15) is 0 Å². The van der Waals surface area contributed by atoms with Gasteiger partial charge < -0.3 is 14.7 Å². The van der Waals surface area contributed by atoms with E-state index in [4.69, 9.17) is 16.1 Å². The largest absolute Gasteiger partial charge is 0.507 e. The number of phenolic OH excluding ortho intramolecular Hbond substituents is 2. The van der Waals surface area contributed by atoms with Crippen molar-refractivity contribution in [2.24, 2.45) is 0 Å². The first-order valence-corrected chi connectivity index (χ1v) is 9.90. The van der Waals surface area contributed by atoms with Crippen molar-refractivity contribution in [3.8, 4) is 33.9 Å². The summed E-state index contributed by atoms with van der Waals surface area (Å²) >= 11 is 6.05. The number of halogens is 1. The van der Waals surface area contributed by atoms with Gasteiger partial charge in [-0.05, 0) is 56.1 Å². The molecule has 2 heterocycles. The third kappa shape index (κ3) is 3.73. The Balaban J connectivity index is 1.72. The Hall–Kier alpha value is -2.50. The molecule has 5 nitrogen and oxygen atoms in total. The van der Waals surface area contributed by atoms with Crippen LogP contribution in [-0.2, 0) is 6.54 Å². The van der Waals surface area contributed by atoms with E-state index in [1.54, 1.807) is 0 Å². The summed E-state index contributed by atoms with van der Waals surface area (Å²) in [6, 6.07) is 11.0. The lowest BCUT2D eigenvalue weighted by Gasteiger charge is -2.26. The number of aryl methyl sites for hydroxylation is 1. The van der Waals surface area contributed by atoms with Gasteiger partial charge in [0.2, 0.25) is 0 Å². The van der Waals surface area contributed by atoms with Crippen molar-refractivity contribution >= 4 is 11.6 Å². The Morgan fingerprint density at radius 1 is 1.07 bits per heavy atom. The average molecular weight is 399 g/mol. The molecule has 0 bridgehead atoms. The molecule has 3 aromatic rings. The van der Waals surface area contributed by atoms with Crippen LogP contribution < -0.4 is 0 Å². The summed E-state index contributed by atoms with van der Waals surface area (Å²) in [7, 11) is 0. The molecular formula is C22H23ClN2O3. The molecule has 4 rings (SSSR count). The highest BCUT2D eigenvalue weighted by Gasteiger charge is 2.21. The third-order valence-electron chi connectivity index (χ3n) is 5.24. The number of nitrogens with zero attached hydrogens (tertiary/aromatic N) is 2. The monoisotopic (exact) mass is 398 g/mol. The Bertz CT molecular complexity index is 993. The van der Waals surface area contributed by atoms with Crippen molar-refractivity contribution in [2.45, 2.75) is 32.7 Å². The van der Waals surface area contributed by atoms with Crippen LogP contribution in [0.15, 0.2) is 40.9 Å². The van der Waals surface area contributed by atoms with Crippen molar-refractivity contribution in [3.63, 3.8) is 0 Å². The molecule has 1 aliphatic heterocycles. The summed E-state index contributed by atoms with van der Waals surface area (Å²) in [4.78, 5) is 2.48. The van der Waals surface area contributed by atoms with Gasteiger partial charge in [-0.25, -0.2) is 0 Å². The normalized spacial score (nSPS) is 15.1. The molecule has 0 aliphatic carbocycles. The summed E-state index contributed by atoms with van der Waals surface area (Å²) in [5.41, 5.74) is 4.16. The molecule has 28 heavy (non-hydrogen) atoms. The van der Waals surface area contributed by atoms with Gasteiger partial charge in [0.25, 0.3) is 0 Å². The van der Waals surface area contributed by atoms with Crippen molar-refractivity contribution in [1.82, 2.24) is 10.1 Å². The zero-order valence-corrected chi connectivity index (χ0v) is 16.5. The van der Waals surface area contributed by atoms with Gasteiger partial charge >= 0.3 is 0 Å². The Morgan fingerprint density at radius 2 is 1.86 bits per heavy atom. The van der Waals surface area contributed by atoms with Crippen LogP contribution in [0.5, 0.6) is 11.5 Å². The molecule has 0 atom stereocenters. The van der Waals surface area contributed by atoms with Crippen molar-refractivity contribution in [2.75, 3.05) is 13.1 Å². The molecule has 1 fully saturated rings. The maximum absolute atomic E-state index is 10.3. The van der Waals surface area contributed by atoms with Crippen LogP contribution in [0.25, 0.3) is 22.5 Å². The number of aromatic hydroxyl groups is 2. The highest BCUT2D eigenvalue weighted by Crippen LogP contribution is 2.42. The second kappa shape index (κ2) is 7.86. The predicted molar refractivity (Wildman–Crippen MR) is 110 cm³/mol. The SMILES string of the molecule is Cc1noc(-c2cc(Cl)c(O)cc2O)c1-c1cccc(CN2CCCCC2)c1.